The fraction of sp³-hybridized carbons (Fsp3) is 0.400. The number of carbonyl (C=O) groups excluding carboxylic acids is 3. The predicted octanol–water partition coefficient (Wildman–Crippen LogP) is 4.60. The first kappa shape index (κ1) is 34.8. The van der Waals surface area contributed by atoms with Crippen LogP contribution in [0.4, 0.5) is 10.5 Å². The number of amides is 2. The van der Waals surface area contributed by atoms with E-state index < -0.39 is 40.3 Å². The van der Waals surface area contributed by atoms with E-state index in [1.54, 1.807) is 48.5 Å². The minimum absolute atomic E-state index is 0.0180. The molecule has 11 heteroatoms. The number of hydrogen-bond donors (Lipinski definition) is 2. The molecule has 246 valence electrons. The molecule has 0 aromatic heterocycles. The van der Waals surface area contributed by atoms with Crippen LogP contribution in [0.3, 0.4) is 0 Å². The summed E-state index contributed by atoms with van der Waals surface area (Å²) < 4.78 is 34.4. The van der Waals surface area contributed by atoms with E-state index in [1.807, 2.05) is 51.1 Å². The van der Waals surface area contributed by atoms with Crippen LogP contribution in [-0.4, -0.2) is 73.5 Å². The summed E-state index contributed by atoms with van der Waals surface area (Å²) in [4.78, 5) is 39.6. The number of rotatable bonds is 15. The first-order valence-corrected chi connectivity index (χ1v) is 17.1. The van der Waals surface area contributed by atoms with E-state index in [0.29, 0.717) is 11.3 Å². The van der Waals surface area contributed by atoms with Crippen molar-refractivity contribution in [3.05, 3.63) is 95.6 Å². The quantitative estimate of drug-likeness (QED) is 0.230. The summed E-state index contributed by atoms with van der Waals surface area (Å²) in [7, 11) is -3.97. The lowest BCUT2D eigenvalue weighted by Gasteiger charge is -2.31. The molecule has 3 aromatic carbocycles. The lowest BCUT2D eigenvalue weighted by molar-refractivity contribution is -0.129. The third-order valence-electron chi connectivity index (χ3n) is 8.33. The maximum atomic E-state index is 13.8. The van der Waals surface area contributed by atoms with Gasteiger partial charge in [-0.3, -0.25) is 14.5 Å². The zero-order valence-corrected chi connectivity index (χ0v) is 27.6. The van der Waals surface area contributed by atoms with Gasteiger partial charge in [-0.15, -0.1) is 0 Å². The van der Waals surface area contributed by atoms with Crippen molar-refractivity contribution in [2.24, 2.45) is 5.92 Å². The molecule has 46 heavy (non-hydrogen) atoms. The van der Waals surface area contributed by atoms with E-state index in [-0.39, 0.29) is 42.7 Å². The standard InChI is InChI=1S/C35H43N3O7S/c1-5-24(3)21-37(46(43,44)30-17-15-26(6-2)16-18-30)22-32(40)31(19-27-11-8-7-9-12-27)36-34(41)33-23-38(35(42)45-33)29-14-10-13-28(20-29)25(4)39/h7-18,20,24,31-33,40H,5-6,19,21-23H2,1-4H3,(H,36,41)/t24-,31-,32+,33-/m0/s1. The lowest BCUT2D eigenvalue weighted by Crippen LogP contribution is -2.53. The predicted molar refractivity (Wildman–Crippen MR) is 176 cm³/mol. The molecule has 0 saturated carbocycles. The van der Waals surface area contributed by atoms with E-state index in [0.717, 1.165) is 24.0 Å². The van der Waals surface area contributed by atoms with Gasteiger partial charge in [0.1, 0.15) is 0 Å². The van der Waals surface area contributed by atoms with Crippen LogP contribution in [0.2, 0.25) is 0 Å². The number of aryl methyl sites for hydroxylation is 1. The Morgan fingerprint density at radius 3 is 2.33 bits per heavy atom. The van der Waals surface area contributed by atoms with E-state index in [4.69, 9.17) is 4.74 Å². The molecule has 0 radical (unpaired) electrons. The number of nitrogens with one attached hydrogen (secondary N) is 1. The third-order valence-corrected chi connectivity index (χ3v) is 10.2. The van der Waals surface area contributed by atoms with Crippen molar-refractivity contribution < 1.29 is 32.6 Å². The first-order chi connectivity index (χ1) is 21.9. The Hall–Kier alpha value is -4.06. The maximum absolute atomic E-state index is 13.8. The normalized spacial score (nSPS) is 17.0. The Bertz CT molecular complexity index is 1610. The second-order valence-corrected chi connectivity index (χ2v) is 13.7. The van der Waals surface area contributed by atoms with Gasteiger partial charge in [-0.05, 0) is 61.1 Å². The van der Waals surface area contributed by atoms with Gasteiger partial charge in [0.2, 0.25) is 10.0 Å². The van der Waals surface area contributed by atoms with Crippen LogP contribution in [-0.2, 0) is 32.4 Å². The van der Waals surface area contributed by atoms with Gasteiger partial charge in [-0.25, -0.2) is 13.2 Å². The summed E-state index contributed by atoms with van der Waals surface area (Å²) in [5, 5.41) is 14.4. The highest BCUT2D eigenvalue weighted by Crippen LogP contribution is 2.24. The van der Waals surface area contributed by atoms with Crippen molar-refractivity contribution >= 4 is 33.5 Å². The van der Waals surface area contributed by atoms with E-state index in [1.165, 1.54) is 16.1 Å². The Morgan fingerprint density at radius 1 is 1.00 bits per heavy atom. The van der Waals surface area contributed by atoms with Gasteiger partial charge >= 0.3 is 6.09 Å². The highest BCUT2D eigenvalue weighted by Gasteiger charge is 2.39. The molecule has 4 rings (SSSR count). The highest BCUT2D eigenvalue weighted by molar-refractivity contribution is 7.89. The average Bonchev–Trinajstić information content (AvgIpc) is 3.46. The van der Waals surface area contributed by atoms with Crippen molar-refractivity contribution in [3.8, 4) is 0 Å². The number of cyclic esters (lactones) is 1. The number of ketones is 1. The van der Waals surface area contributed by atoms with Crippen molar-refractivity contribution in [2.45, 2.75) is 70.1 Å². The van der Waals surface area contributed by atoms with E-state index in [2.05, 4.69) is 5.32 Å². The monoisotopic (exact) mass is 649 g/mol. The molecule has 1 aliphatic heterocycles. The summed E-state index contributed by atoms with van der Waals surface area (Å²) in [5.74, 6) is -0.765. The van der Waals surface area contributed by atoms with Crippen LogP contribution in [0.1, 0.15) is 55.6 Å². The largest absolute Gasteiger partial charge is 0.434 e. The molecular formula is C35H43N3O7S. The highest BCUT2D eigenvalue weighted by atomic mass is 32.2. The second-order valence-electron chi connectivity index (χ2n) is 11.8. The topological polar surface area (TPSA) is 133 Å². The number of benzene rings is 3. The summed E-state index contributed by atoms with van der Waals surface area (Å²) in [6.07, 6.45) is -1.49. The van der Waals surface area contributed by atoms with Crippen LogP contribution in [0.25, 0.3) is 0 Å². The summed E-state index contributed by atoms with van der Waals surface area (Å²) in [6.45, 7) is 7.18. The van der Waals surface area contributed by atoms with Crippen LogP contribution < -0.4 is 10.2 Å². The molecule has 0 bridgehead atoms. The number of Topliss-reactive ketones (excluding diaryl/α,β-unsaturated/α-hetero) is 1. The first-order valence-electron chi connectivity index (χ1n) is 15.6. The molecule has 0 aliphatic carbocycles. The number of aliphatic hydroxyl groups is 1. The molecule has 0 unspecified atom stereocenters. The fourth-order valence-corrected chi connectivity index (χ4v) is 6.84. The SMILES string of the molecule is CCc1ccc(S(=O)(=O)N(C[C@@H](C)CC)C[C@@H](O)[C@H](Cc2ccccc2)NC(=O)[C@@H]2CN(c3cccc(C(C)=O)c3)C(=O)O2)cc1. The molecule has 0 spiro atoms. The van der Waals surface area contributed by atoms with Crippen LogP contribution in [0.15, 0.2) is 83.8 Å². The summed E-state index contributed by atoms with van der Waals surface area (Å²) in [6, 6.07) is 21.6. The van der Waals surface area contributed by atoms with Gasteiger partial charge in [0.25, 0.3) is 5.91 Å². The van der Waals surface area contributed by atoms with Gasteiger partial charge in [0, 0.05) is 24.3 Å². The molecule has 10 nitrogen and oxygen atoms in total. The van der Waals surface area contributed by atoms with Gasteiger partial charge in [-0.2, -0.15) is 4.31 Å². The second kappa shape index (κ2) is 15.5. The Kier molecular flexibility index (Phi) is 11.7. The molecule has 4 atom stereocenters. The molecule has 1 heterocycles. The Balaban J connectivity index is 1.56. The average molecular weight is 650 g/mol. The third kappa shape index (κ3) is 8.60. The number of carbonyl (C=O) groups is 3. The lowest BCUT2D eigenvalue weighted by atomic mass is 10.0. The zero-order chi connectivity index (χ0) is 33.4. The molecule has 2 N–H and O–H groups in total. The van der Waals surface area contributed by atoms with E-state index in [9.17, 15) is 27.9 Å². The number of ether oxygens (including phenoxy) is 1. The molecule has 1 aliphatic rings. The minimum atomic E-state index is -3.97. The smallest absolute Gasteiger partial charge is 0.415 e. The van der Waals surface area contributed by atoms with Gasteiger partial charge in [0.15, 0.2) is 11.9 Å². The minimum Gasteiger partial charge on any atom is -0.434 e. The number of hydrogen-bond acceptors (Lipinski definition) is 7. The Labute approximate surface area is 271 Å². The van der Waals surface area contributed by atoms with Crippen molar-refractivity contribution in [1.29, 1.82) is 0 Å². The summed E-state index contributed by atoms with van der Waals surface area (Å²) in [5.41, 5.74) is 2.68. The number of aliphatic hydroxyl groups excluding tert-OH is 1. The van der Waals surface area contributed by atoms with Crippen molar-refractivity contribution in [3.63, 3.8) is 0 Å². The van der Waals surface area contributed by atoms with Gasteiger partial charge in [0.05, 0.1) is 23.6 Å². The number of sulfonamides is 1. The fourth-order valence-electron chi connectivity index (χ4n) is 5.26. The number of nitrogens with zero attached hydrogens (tertiary/aromatic N) is 2. The molecule has 2 amide bonds. The van der Waals surface area contributed by atoms with Gasteiger partial charge < -0.3 is 15.2 Å². The van der Waals surface area contributed by atoms with Crippen LogP contribution >= 0.6 is 0 Å². The molecule has 3 aromatic rings. The summed E-state index contributed by atoms with van der Waals surface area (Å²) >= 11 is 0. The van der Waals surface area contributed by atoms with Gasteiger partial charge in [-0.1, -0.05) is 81.8 Å². The number of anilines is 1. The van der Waals surface area contributed by atoms with E-state index >= 15 is 0 Å². The van der Waals surface area contributed by atoms with Crippen molar-refractivity contribution in [1.82, 2.24) is 9.62 Å². The molecule has 1 saturated heterocycles. The van der Waals surface area contributed by atoms with Crippen LogP contribution in [0.5, 0.6) is 0 Å². The Morgan fingerprint density at radius 2 is 1.70 bits per heavy atom. The molecular weight excluding hydrogens is 606 g/mol. The van der Waals surface area contributed by atoms with Crippen molar-refractivity contribution in [2.75, 3.05) is 24.5 Å². The molecule has 1 fully saturated rings. The maximum Gasteiger partial charge on any atom is 0.415 e. The zero-order valence-electron chi connectivity index (χ0n) is 26.8. The van der Waals surface area contributed by atoms with Crippen LogP contribution in [0, 0.1) is 5.92 Å².